The van der Waals surface area contributed by atoms with Crippen LogP contribution < -0.4 is 10.2 Å². The number of carbonyl (C=O) groups excluding carboxylic acids is 1. The SMILES string of the molecule is Cc1cc(N2CCOCC2)nc2ccc(NC(=O)CCC(=O)O)cc12. The van der Waals surface area contributed by atoms with Crippen LogP contribution in [-0.4, -0.2) is 48.3 Å². The summed E-state index contributed by atoms with van der Waals surface area (Å²) in [6.07, 6.45) is -0.219. The largest absolute Gasteiger partial charge is 0.481 e. The number of aromatic nitrogens is 1. The lowest BCUT2D eigenvalue weighted by atomic mass is 10.1. The third-order valence-corrected chi connectivity index (χ3v) is 4.19. The standard InChI is InChI=1S/C18H21N3O4/c1-12-10-16(21-6-8-25-9-7-21)20-15-3-2-13(11-14(12)15)19-17(22)4-5-18(23)24/h2-3,10-11H,4-9H2,1H3,(H,19,22)(H,23,24). The Morgan fingerprint density at radius 3 is 2.72 bits per heavy atom. The van der Waals surface area contributed by atoms with Crippen molar-refractivity contribution in [3.05, 3.63) is 29.8 Å². The van der Waals surface area contributed by atoms with Crippen molar-refractivity contribution >= 4 is 34.3 Å². The Labute approximate surface area is 145 Å². The summed E-state index contributed by atoms with van der Waals surface area (Å²) < 4.78 is 5.38. The molecule has 3 rings (SSSR count). The summed E-state index contributed by atoms with van der Waals surface area (Å²) in [6, 6.07) is 7.58. The molecule has 2 aromatic rings. The van der Waals surface area contributed by atoms with E-state index in [1.165, 1.54) is 0 Å². The van der Waals surface area contributed by atoms with Crippen LogP contribution in [0.4, 0.5) is 11.5 Å². The van der Waals surface area contributed by atoms with Gasteiger partial charge < -0.3 is 20.1 Å². The van der Waals surface area contributed by atoms with Crippen LogP contribution >= 0.6 is 0 Å². The van der Waals surface area contributed by atoms with E-state index in [1.54, 1.807) is 6.07 Å². The number of carboxylic acids is 1. The number of ether oxygens (including phenoxy) is 1. The number of morpholine rings is 1. The van der Waals surface area contributed by atoms with Gasteiger partial charge >= 0.3 is 5.97 Å². The lowest BCUT2D eigenvalue weighted by molar-refractivity contribution is -0.138. The molecule has 0 spiro atoms. The number of hydrogen-bond donors (Lipinski definition) is 2. The number of carboxylic acid groups (broad SMARTS) is 1. The highest BCUT2D eigenvalue weighted by molar-refractivity contribution is 5.95. The maximum atomic E-state index is 11.8. The van der Waals surface area contributed by atoms with Gasteiger partial charge in [0.25, 0.3) is 0 Å². The first kappa shape index (κ1) is 17.2. The molecular formula is C18H21N3O4. The smallest absolute Gasteiger partial charge is 0.303 e. The zero-order valence-electron chi connectivity index (χ0n) is 14.1. The molecule has 1 aliphatic rings. The lowest BCUT2D eigenvalue weighted by Gasteiger charge is -2.28. The van der Waals surface area contributed by atoms with Crippen molar-refractivity contribution in [3.8, 4) is 0 Å². The van der Waals surface area contributed by atoms with Crippen LogP contribution in [0.15, 0.2) is 24.3 Å². The van der Waals surface area contributed by atoms with Crippen molar-refractivity contribution in [2.24, 2.45) is 0 Å². The number of anilines is 2. The van der Waals surface area contributed by atoms with Crippen LogP contribution in [0.25, 0.3) is 10.9 Å². The fourth-order valence-electron chi connectivity index (χ4n) is 2.85. The van der Waals surface area contributed by atoms with Gasteiger partial charge in [0, 0.05) is 30.6 Å². The zero-order valence-corrected chi connectivity index (χ0v) is 14.1. The summed E-state index contributed by atoms with van der Waals surface area (Å²) in [4.78, 5) is 29.3. The van der Waals surface area contributed by atoms with Gasteiger partial charge in [-0.05, 0) is 36.8 Å². The number of carbonyl (C=O) groups is 2. The lowest BCUT2D eigenvalue weighted by Crippen LogP contribution is -2.36. The van der Waals surface area contributed by atoms with E-state index in [4.69, 9.17) is 14.8 Å². The average Bonchev–Trinajstić information content (AvgIpc) is 2.61. The topological polar surface area (TPSA) is 91.8 Å². The highest BCUT2D eigenvalue weighted by Crippen LogP contribution is 2.26. The molecular weight excluding hydrogens is 322 g/mol. The van der Waals surface area contributed by atoms with Gasteiger partial charge in [-0.1, -0.05) is 0 Å². The normalized spacial score (nSPS) is 14.5. The van der Waals surface area contributed by atoms with Gasteiger partial charge in [-0.15, -0.1) is 0 Å². The Kier molecular flexibility index (Phi) is 5.14. The molecule has 132 valence electrons. The van der Waals surface area contributed by atoms with Crippen molar-refractivity contribution in [3.63, 3.8) is 0 Å². The molecule has 0 atom stereocenters. The molecule has 1 amide bonds. The van der Waals surface area contributed by atoms with Gasteiger partial charge in [0.05, 0.1) is 25.2 Å². The van der Waals surface area contributed by atoms with E-state index in [2.05, 4.69) is 10.2 Å². The highest BCUT2D eigenvalue weighted by Gasteiger charge is 2.14. The third-order valence-electron chi connectivity index (χ3n) is 4.19. The summed E-state index contributed by atoms with van der Waals surface area (Å²) in [5.41, 5.74) is 2.59. The summed E-state index contributed by atoms with van der Waals surface area (Å²) in [7, 11) is 0. The Morgan fingerprint density at radius 1 is 1.24 bits per heavy atom. The number of benzene rings is 1. The monoisotopic (exact) mass is 343 g/mol. The highest BCUT2D eigenvalue weighted by atomic mass is 16.5. The molecule has 1 aliphatic heterocycles. The number of aryl methyl sites for hydroxylation is 1. The van der Waals surface area contributed by atoms with Crippen LogP contribution in [0, 0.1) is 6.92 Å². The maximum Gasteiger partial charge on any atom is 0.303 e. The van der Waals surface area contributed by atoms with Gasteiger partial charge in [0.1, 0.15) is 5.82 Å². The van der Waals surface area contributed by atoms with E-state index in [0.717, 1.165) is 35.4 Å². The Hall–Kier alpha value is -2.67. The number of nitrogens with one attached hydrogen (secondary N) is 1. The molecule has 1 fully saturated rings. The first-order valence-electron chi connectivity index (χ1n) is 8.28. The summed E-state index contributed by atoms with van der Waals surface area (Å²) in [5, 5.41) is 12.3. The number of amides is 1. The molecule has 1 aromatic heterocycles. The number of rotatable bonds is 5. The Bertz CT molecular complexity index is 800. The van der Waals surface area contributed by atoms with Crippen molar-refractivity contribution in [2.45, 2.75) is 19.8 Å². The zero-order chi connectivity index (χ0) is 17.8. The molecule has 1 saturated heterocycles. The summed E-state index contributed by atoms with van der Waals surface area (Å²) >= 11 is 0. The molecule has 2 heterocycles. The third kappa shape index (κ3) is 4.24. The van der Waals surface area contributed by atoms with Crippen molar-refractivity contribution in [2.75, 3.05) is 36.5 Å². The number of fused-ring (bicyclic) bond motifs is 1. The quantitative estimate of drug-likeness (QED) is 0.865. The predicted octanol–water partition coefficient (Wildman–Crippen LogP) is 2.18. The molecule has 25 heavy (non-hydrogen) atoms. The molecule has 1 aromatic carbocycles. The summed E-state index contributed by atoms with van der Waals surface area (Å²) in [5.74, 6) is -0.354. The van der Waals surface area contributed by atoms with Gasteiger partial charge in [0.15, 0.2) is 0 Å². The van der Waals surface area contributed by atoms with Crippen LogP contribution in [0.1, 0.15) is 18.4 Å². The first-order valence-corrected chi connectivity index (χ1v) is 8.28. The van der Waals surface area contributed by atoms with Gasteiger partial charge in [-0.25, -0.2) is 4.98 Å². The van der Waals surface area contributed by atoms with Crippen molar-refractivity contribution < 1.29 is 19.4 Å². The molecule has 0 unspecified atom stereocenters. The van der Waals surface area contributed by atoms with Crippen LogP contribution in [-0.2, 0) is 14.3 Å². The van der Waals surface area contributed by atoms with E-state index >= 15 is 0 Å². The molecule has 0 saturated carbocycles. The Morgan fingerprint density at radius 2 is 2.00 bits per heavy atom. The Balaban J connectivity index is 1.79. The second-order valence-corrected chi connectivity index (χ2v) is 6.07. The minimum absolute atomic E-state index is 0.0411. The number of hydrogen-bond acceptors (Lipinski definition) is 5. The number of nitrogens with zero attached hydrogens (tertiary/aromatic N) is 2. The van der Waals surface area contributed by atoms with E-state index in [0.29, 0.717) is 18.9 Å². The molecule has 7 heteroatoms. The first-order chi connectivity index (χ1) is 12.0. The predicted molar refractivity (Wildman–Crippen MR) is 95.0 cm³/mol. The maximum absolute atomic E-state index is 11.8. The molecule has 2 N–H and O–H groups in total. The minimum atomic E-state index is -0.982. The van der Waals surface area contributed by atoms with Crippen LogP contribution in [0.2, 0.25) is 0 Å². The van der Waals surface area contributed by atoms with Gasteiger partial charge in [-0.2, -0.15) is 0 Å². The minimum Gasteiger partial charge on any atom is -0.481 e. The van der Waals surface area contributed by atoms with E-state index < -0.39 is 5.97 Å². The molecule has 0 bridgehead atoms. The molecule has 0 aliphatic carbocycles. The fraction of sp³-hybridized carbons (Fsp3) is 0.389. The van der Waals surface area contributed by atoms with Gasteiger partial charge in [-0.3, -0.25) is 9.59 Å². The second kappa shape index (κ2) is 7.48. The van der Waals surface area contributed by atoms with E-state index in [9.17, 15) is 9.59 Å². The molecule has 7 nitrogen and oxygen atoms in total. The van der Waals surface area contributed by atoms with E-state index in [-0.39, 0.29) is 18.7 Å². The number of aliphatic carboxylic acids is 1. The average molecular weight is 343 g/mol. The van der Waals surface area contributed by atoms with Crippen molar-refractivity contribution in [1.82, 2.24) is 4.98 Å². The van der Waals surface area contributed by atoms with Crippen molar-refractivity contribution in [1.29, 1.82) is 0 Å². The number of pyridine rings is 1. The van der Waals surface area contributed by atoms with Crippen LogP contribution in [0.3, 0.4) is 0 Å². The van der Waals surface area contributed by atoms with Gasteiger partial charge in [0.2, 0.25) is 5.91 Å². The van der Waals surface area contributed by atoms with E-state index in [1.807, 2.05) is 25.1 Å². The van der Waals surface area contributed by atoms with Crippen LogP contribution in [0.5, 0.6) is 0 Å². The molecule has 0 radical (unpaired) electrons. The fourth-order valence-corrected chi connectivity index (χ4v) is 2.85. The second-order valence-electron chi connectivity index (χ2n) is 6.07. The summed E-state index contributed by atoms with van der Waals surface area (Å²) in [6.45, 7) is 5.09.